The van der Waals surface area contributed by atoms with Gasteiger partial charge in [-0.25, -0.2) is 5.43 Å². The highest BCUT2D eigenvalue weighted by atomic mass is 16.5. The van der Waals surface area contributed by atoms with Gasteiger partial charge in [0, 0.05) is 0 Å². The van der Waals surface area contributed by atoms with Gasteiger partial charge in [-0.1, -0.05) is 30.3 Å². The van der Waals surface area contributed by atoms with E-state index >= 15 is 0 Å². The minimum absolute atomic E-state index is 0.210. The zero-order valence-electron chi connectivity index (χ0n) is 14.9. The highest BCUT2D eigenvalue weighted by Gasteiger charge is 2.19. The van der Waals surface area contributed by atoms with Crippen molar-refractivity contribution in [3.8, 4) is 23.3 Å². The zero-order chi connectivity index (χ0) is 18.9. The Labute approximate surface area is 152 Å². The van der Waals surface area contributed by atoms with Crippen molar-refractivity contribution in [1.82, 2.24) is 10.9 Å². The third kappa shape index (κ3) is 4.65. The van der Waals surface area contributed by atoms with Crippen molar-refractivity contribution >= 4 is 5.91 Å². The first kappa shape index (κ1) is 19.1. The lowest BCUT2D eigenvalue weighted by Gasteiger charge is -2.17. The van der Waals surface area contributed by atoms with E-state index in [0.717, 1.165) is 5.56 Å². The van der Waals surface area contributed by atoms with Crippen LogP contribution in [0.1, 0.15) is 17.2 Å². The monoisotopic (exact) mass is 355 g/mol. The summed E-state index contributed by atoms with van der Waals surface area (Å²) in [6.07, 6.45) is 0.210. The second kappa shape index (κ2) is 9.30. The molecular weight excluding hydrogens is 334 g/mol. The van der Waals surface area contributed by atoms with Crippen molar-refractivity contribution < 1.29 is 19.0 Å². The third-order valence-electron chi connectivity index (χ3n) is 3.71. The van der Waals surface area contributed by atoms with Crippen molar-refractivity contribution in [1.29, 1.82) is 5.26 Å². The molecule has 1 unspecified atom stereocenters. The van der Waals surface area contributed by atoms with Gasteiger partial charge in [0.15, 0.2) is 11.5 Å². The molecule has 2 aromatic rings. The molecule has 0 aliphatic heterocycles. The van der Waals surface area contributed by atoms with E-state index in [1.807, 2.05) is 30.3 Å². The highest BCUT2D eigenvalue weighted by molar-refractivity contribution is 5.78. The molecule has 0 saturated heterocycles. The molecule has 0 heterocycles. The van der Waals surface area contributed by atoms with Crippen LogP contribution in [0, 0.1) is 11.3 Å². The van der Waals surface area contributed by atoms with E-state index in [1.165, 1.54) is 21.3 Å². The Morgan fingerprint density at radius 2 is 1.69 bits per heavy atom. The largest absolute Gasteiger partial charge is 0.493 e. The summed E-state index contributed by atoms with van der Waals surface area (Å²) in [6.45, 7) is 0. The Balaban J connectivity index is 2.11. The second-order valence-corrected chi connectivity index (χ2v) is 5.38. The molecule has 2 N–H and O–H groups in total. The molecule has 0 aliphatic rings. The molecular formula is C19H21N3O4. The summed E-state index contributed by atoms with van der Waals surface area (Å²) in [5.41, 5.74) is 6.75. The first-order chi connectivity index (χ1) is 12.6. The van der Waals surface area contributed by atoms with Gasteiger partial charge >= 0.3 is 0 Å². The van der Waals surface area contributed by atoms with Crippen molar-refractivity contribution in [3.63, 3.8) is 0 Å². The van der Waals surface area contributed by atoms with Crippen LogP contribution in [0.4, 0.5) is 0 Å². The Bertz CT molecular complexity index is 762. The van der Waals surface area contributed by atoms with Gasteiger partial charge in [-0.2, -0.15) is 5.26 Å². The molecule has 2 rings (SSSR count). The number of carbonyl (C=O) groups is 1. The predicted octanol–water partition coefficient (Wildman–Crippen LogP) is 2.14. The molecule has 136 valence electrons. The summed E-state index contributed by atoms with van der Waals surface area (Å²) >= 11 is 0. The molecule has 2 aromatic carbocycles. The zero-order valence-corrected chi connectivity index (χ0v) is 14.9. The molecule has 0 bridgehead atoms. The van der Waals surface area contributed by atoms with Gasteiger partial charge in [0.25, 0.3) is 0 Å². The van der Waals surface area contributed by atoms with Crippen LogP contribution >= 0.6 is 0 Å². The van der Waals surface area contributed by atoms with E-state index < -0.39 is 6.04 Å². The molecule has 0 spiro atoms. The number of methoxy groups -OCH3 is 3. The lowest BCUT2D eigenvalue weighted by atomic mass is 10.1. The van der Waals surface area contributed by atoms with Crippen LogP contribution in [-0.2, 0) is 11.2 Å². The average Bonchev–Trinajstić information content (AvgIpc) is 2.68. The number of benzene rings is 2. The van der Waals surface area contributed by atoms with Crippen LogP contribution in [0.15, 0.2) is 42.5 Å². The Hall–Kier alpha value is -3.24. The van der Waals surface area contributed by atoms with E-state index in [9.17, 15) is 10.1 Å². The van der Waals surface area contributed by atoms with Gasteiger partial charge in [-0.05, 0) is 23.3 Å². The van der Waals surface area contributed by atoms with Gasteiger partial charge in [0.2, 0.25) is 11.7 Å². The van der Waals surface area contributed by atoms with Gasteiger partial charge in [0.1, 0.15) is 6.04 Å². The number of hydrogen-bond donors (Lipinski definition) is 2. The number of nitrogens with zero attached hydrogens (tertiary/aromatic N) is 1. The van der Waals surface area contributed by atoms with Crippen molar-refractivity contribution in [3.05, 3.63) is 53.6 Å². The standard InChI is InChI=1S/C19H21N3O4/c1-24-16-10-14(11-17(25-2)19(16)26-3)15(12-20)21-22-18(23)9-13-7-5-4-6-8-13/h4-8,10-11,15,21H,9H2,1-3H3,(H,22,23). The number of hydrogen-bond acceptors (Lipinski definition) is 6. The highest BCUT2D eigenvalue weighted by Crippen LogP contribution is 2.39. The summed E-state index contributed by atoms with van der Waals surface area (Å²) in [6, 6.07) is 14.0. The number of ether oxygens (including phenoxy) is 3. The number of rotatable bonds is 8. The van der Waals surface area contributed by atoms with Gasteiger partial charge in [-0.3, -0.25) is 10.2 Å². The van der Waals surface area contributed by atoms with Crippen LogP contribution in [0.2, 0.25) is 0 Å². The first-order valence-electron chi connectivity index (χ1n) is 7.90. The summed E-state index contributed by atoms with van der Waals surface area (Å²) in [7, 11) is 4.50. The molecule has 1 amide bonds. The summed E-state index contributed by atoms with van der Waals surface area (Å²) < 4.78 is 15.8. The molecule has 0 aliphatic carbocycles. The first-order valence-corrected chi connectivity index (χ1v) is 7.90. The molecule has 0 fully saturated rings. The normalized spacial score (nSPS) is 11.2. The maximum Gasteiger partial charge on any atom is 0.238 e. The molecule has 0 radical (unpaired) electrons. The van der Waals surface area contributed by atoms with Crippen molar-refractivity contribution in [2.75, 3.05) is 21.3 Å². The number of carbonyl (C=O) groups excluding carboxylic acids is 1. The van der Waals surface area contributed by atoms with E-state index in [2.05, 4.69) is 16.9 Å². The quantitative estimate of drug-likeness (QED) is 0.705. The van der Waals surface area contributed by atoms with E-state index in [0.29, 0.717) is 22.8 Å². The maximum absolute atomic E-state index is 12.1. The Morgan fingerprint density at radius 1 is 1.08 bits per heavy atom. The fraction of sp³-hybridized carbons (Fsp3) is 0.263. The van der Waals surface area contributed by atoms with Crippen LogP contribution < -0.4 is 25.1 Å². The van der Waals surface area contributed by atoms with Crippen molar-refractivity contribution in [2.24, 2.45) is 0 Å². The van der Waals surface area contributed by atoms with E-state index in [1.54, 1.807) is 12.1 Å². The fourth-order valence-corrected chi connectivity index (χ4v) is 2.44. The third-order valence-corrected chi connectivity index (χ3v) is 3.71. The number of nitriles is 1. The summed E-state index contributed by atoms with van der Waals surface area (Å²) in [5.74, 6) is 1.05. The molecule has 7 heteroatoms. The van der Waals surface area contributed by atoms with Crippen molar-refractivity contribution in [2.45, 2.75) is 12.5 Å². The maximum atomic E-state index is 12.1. The van der Waals surface area contributed by atoms with Gasteiger partial charge in [0.05, 0.1) is 33.8 Å². The lowest BCUT2D eigenvalue weighted by molar-refractivity contribution is -0.121. The van der Waals surface area contributed by atoms with Crippen LogP contribution in [-0.4, -0.2) is 27.2 Å². The molecule has 1 atom stereocenters. The van der Waals surface area contributed by atoms with E-state index in [-0.39, 0.29) is 12.3 Å². The van der Waals surface area contributed by atoms with Crippen LogP contribution in [0.5, 0.6) is 17.2 Å². The van der Waals surface area contributed by atoms with E-state index in [4.69, 9.17) is 14.2 Å². The molecule has 7 nitrogen and oxygen atoms in total. The molecule has 0 aromatic heterocycles. The second-order valence-electron chi connectivity index (χ2n) is 5.38. The Kier molecular flexibility index (Phi) is 6.83. The molecule has 0 saturated carbocycles. The number of hydrazine groups is 1. The number of nitrogens with one attached hydrogen (secondary N) is 2. The average molecular weight is 355 g/mol. The topological polar surface area (TPSA) is 92.6 Å². The lowest BCUT2D eigenvalue weighted by Crippen LogP contribution is -2.40. The Morgan fingerprint density at radius 3 is 2.19 bits per heavy atom. The minimum atomic E-state index is -0.788. The minimum Gasteiger partial charge on any atom is -0.493 e. The van der Waals surface area contributed by atoms with Gasteiger partial charge in [-0.15, -0.1) is 0 Å². The smallest absolute Gasteiger partial charge is 0.238 e. The number of amides is 1. The van der Waals surface area contributed by atoms with Crippen LogP contribution in [0.3, 0.4) is 0 Å². The summed E-state index contributed by atoms with van der Waals surface area (Å²) in [5, 5.41) is 9.46. The molecule has 26 heavy (non-hydrogen) atoms. The SMILES string of the molecule is COc1cc(C(C#N)NNC(=O)Cc2ccccc2)cc(OC)c1OC. The predicted molar refractivity (Wildman–Crippen MR) is 95.9 cm³/mol. The fourth-order valence-electron chi connectivity index (χ4n) is 2.44. The van der Waals surface area contributed by atoms with Crippen LogP contribution in [0.25, 0.3) is 0 Å². The van der Waals surface area contributed by atoms with Gasteiger partial charge < -0.3 is 14.2 Å². The summed E-state index contributed by atoms with van der Waals surface area (Å²) in [4.78, 5) is 12.1.